The van der Waals surface area contributed by atoms with Crippen molar-refractivity contribution in [3.8, 4) is 0 Å². The second kappa shape index (κ2) is 14.5. The Balaban J connectivity index is 1.60. The van der Waals surface area contributed by atoms with Crippen LogP contribution in [0.25, 0.3) is 0 Å². The van der Waals surface area contributed by atoms with Crippen molar-refractivity contribution in [1.82, 2.24) is 20.6 Å². The first-order chi connectivity index (χ1) is 17.9. The van der Waals surface area contributed by atoms with Crippen LogP contribution in [0.15, 0.2) is 73.2 Å². The summed E-state index contributed by atoms with van der Waals surface area (Å²) >= 11 is 0. The number of esters is 2. The highest BCUT2D eigenvalue weighted by atomic mass is 16.5. The minimum atomic E-state index is -0.827. The van der Waals surface area contributed by atoms with E-state index in [4.69, 9.17) is 9.47 Å². The average Bonchev–Trinajstić information content (AvgIpc) is 3.42. The van der Waals surface area contributed by atoms with Gasteiger partial charge in [0.25, 0.3) is 0 Å². The normalized spacial score (nSPS) is 12.5. The maximum absolute atomic E-state index is 13.3. The number of nitrogens with zero attached hydrogens (tertiary/aromatic N) is 1. The fraction of sp³-hybridized carbons (Fsp3) is 0.357. The van der Waals surface area contributed by atoms with Crippen LogP contribution < -0.4 is 10.6 Å². The third kappa shape index (κ3) is 9.89. The summed E-state index contributed by atoms with van der Waals surface area (Å²) in [5.74, 6) is -1.28. The van der Waals surface area contributed by atoms with Gasteiger partial charge in [0.1, 0.15) is 19.3 Å². The molecule has 1 aromatic heterocycles. The smallest absolute Gasteiger partial charge is 0.328 e. The Morgan fingerprint density at radius 1 is 0.892 bits per heavy atom. The predicted octanol–water partition coefficient (Wildman–Crippen LogP) is 2.93. The van der Waals surface area contributed by atoms with E-state index in [2.05, 4.69) is 20.6 Å². The summed E-state index contributed by atoms with van der Waals surface area (Å²) < 4.78 is 10.8. The van der Waals surface area contributed by atoms with Gasteiger partial charge in [0.05, 0.1) is 18.9 Å². The third-order valence-corrected chi connectivity index (χ3v) is 5.56. The fourth-order valence-electron chi connectivity index (χ4n) is 3.66. The molecule has 0 spiro atoms. The summed E-state index contributed by atoms with van der Waals surface area (Å²) in [6, 6.07) is 17.1. The molecule has 3 N–H and O–H groups in total. The molecule has 0 radical (unpaired) electrons. The van der Waals surface area contributed by atoms with Gasteiger partial charge in [-0.05, 0) is 23.5 Å². The number of hydrogen-bond acceptors (Lipinski definition) is 7. The Bertz CT molecular complexity index is 1100. The summed E-state index contributed by atoms with van der Waals surface area (Å²) in [4.78, 5) is 45.4. The van der Waals surface area contributed by atoms with E-state index in [1.165, 1.54) is 6.33 Å². The third-order valence-electron chi connectivity index (χ3n) is 5.56. The number of carbonyl (C=O) groups is 3. The van der Waals surface area contributed by atoms with Crippen LogP contribution in [0.3, 0.4) is 0 Å². The fourth-order valence-corrected chi connectivity index (χ4v) is 3.66. The lowest BCUT2D eigenvalue weighted by Crippen LogP contribution is -2.52. The van der Waals surface area contributed by atoms with Gasteiger partial charge in [-0.15, -0.1) is 0 Å². The molecule has 0 saturated carbocycles. The van der Waals surface area contributed by atoms with Gasteiger partial charge in [-0.1, -0.05) is 74.5 Å². The maximum Gasteiger partial charge on any atom is 0.328 e. The predicted molar refractivity (Wildman–Crippen MR) is 138 cm³/mol. The molecule has 0 bridgehead atoms. The van der Waals surface area contributed by atoms with E-state index < -0.39 is 29.9 Å². The molecule has 0 unspecified atom stereocenters. The van der Waals surface area contributed by atoms with E-state index >= 15 is 0 Å². The van der Waals surface area contributed by atoms with Gasteiger partial charge in [0.2, 0.25) is 5.91 Å². The number of rotatable bonds is 14. The van der Waals surface area contributed by atoms with E-state index in [0.29, 0.717) is 12.1 Å². The standard InChI is InChI=1S/C28H34N4O5/c1-20(2)13-25(28(35)37-18-22-11-7-4-8-12-22)32-27(34)24(14-23-15-29-19-31-23)30-16-26(33)36-17-21-9-5-3-6-10-21/h3-12,15,19-20,24-25,30H,13-14,16-18H2,1-2H3,(H,29,31)(H,32,34)/t24-,25+/m0/s1. The zero-order chi connectivity index (χ0) is 26.5. The Kier molecular flexibility index (Phi) is 10.9. The molecule has 0 aliphatic carbocycles. The second-order valence-corrected chi connectivity index (χ2v) is 9.14. The minimum Gasteiger partial charge on any atom is -0.460 e. The average molecular weight is 507 g/mol. The topological polar surface area (TPSA) is 122 Å². The second-order valence-electron chi connectivity index (χ2n) is 9.14. The number of carbonyl (C=O) groups excluding carboxylic acids is 3. The number of hydrogen-bond donors (Lipinski definition) is 3. The first-order valence-corrected chi connectivity index (χ1v) is 12.3. The maximum atomic E-state index is 13.3. The van der Waals surface area contributed by atoms with Gasteiger partial charge in [0.15, 0.2) is 0 Å². The van der Waals surface area contributed by atoms with Crippen molar-refractivity contribution in [3.05, 3.63) is 90.0 Å². The number of ether oxygens (including phenoxy) is 2. The Hall–Kier alpha value is -3.98. The summed E-state index contributed by atoms with van der Waals surface area (Å²) in [6.07, 6.45) is 3.77. The molecule has 196 valence electrons. The molecule has 0 fully saturated rings. The van der Waals surface area contributed by atoms with Gasteiger partial charge in [-0.25, -0.2) is 9.78 Å². The lowest BCUT2D eigenvalue weighted by Gasteiger charge is -2.23. The van der Waals surface area contributed by atoms with Crippen molar-refractivity contribution in [1.29, 1.82) is 0 Å². The lowest BCUT2D eigenvalue weighted by molar-refractivity contribution is -0.150. The van der Waals surface area contributed by atoms with Crippen molar-refractivity contribution in [2.24, 2.45) is 5.92 Å². The van der Waals surface area contributed by atoms with E-state index in [1.807, 2.05) is 74.5 Å². The SMILES string of the molecule is CC(C)C[C@@H](NC(=O)[C@H](Cc1cnc[nH]1)NCC(=O)OCc1ccccc1)C(=O)OCc1ccccc1. The quantitative estimate of drug-likeness (QED) is 0.287. The largest absolute Gasteiger partial charge is 0.460 e. The van der Waals surface area contributed by atoms with Crippen molar-refractivity contribution in [3.63, 3.8) is 0 Å². The Labute approximate surface area is 217 Å². The summed E-state index contributed by atoms with van der Waals surface area (Å²) in [6.45, 7) is 4.02. The van der Waals surface area contributed by atoms with Crippen molar-refractivity contribution in [2.75, 3.05) is 6.54 Å². The number of aromatic amines is 1. The van der Waals surface area contributed by atoms with Gasteiger partial charge >= 0.3 is 11.9 Å². The molecule has 9 heteroatoms. The van der Waals surface area contributed by atoms with Gasteiger partial charge in [-0.3, -0.25) is 14.9 Å². The molecule has 37 heavy (non-hydrogen) atoms. The van der Waals surface area contributed by atoms with Crippen molar-refractivity contribution >= 4 is 17.8 Å². The molecule has 2 aromatic carbocycles. The molecule has 1 amide bonds. The van der Waals surface area contributed by atoms with Crippen LogP contribution in [0.5, 0.6) is 0 Å². The van der Waals surface area contributed by atoms with Crippen LogP contribution in [0, 0.1) is 5.92 Å². The molecule has 3 aromatic rings. The van der Waals surface area contributed by atoms with Crippen LogP contribution in [-0.2, 0) is 43.5 Å². The summed E-state index contributed by atoms with van der Waals surface area (Å²) in [7, 11) is 0. The Morgan fingerprint density at radius 3 is 2.08 bits per heavy atom. The molecule has 9 nitrogen and oxygen atoms in total. The van der Waals surface area contributed by atoms with Gasteiger partial charge < -0.3 is 19.8 Å². The van der Waals surface area contributed by atoms with Crippen LogP contribution >= 0.6 is 0 Å². The first kappa shape index (κ1) is 27.6. The zero-order valence-electron chi connectivity index (χ0n) is 21.2. The van der Waals surface area contributed by atoms with Crippen LogP contribution in [0.4, 0.5) is 0 Å². The molecule has 0 aliphatic heterocycles. The van der Waals surface area contributed by atoms with E-state index in [-0.39, 0.29) is 32.1 Å². The molecular formula is C28H34N4O5. The number of aromatic nitrogens is 2. The summed E-state index contributed by atoms with van der Waals surface area (Å²) in [5, 5.41) is 5.78. The van der Waals surface area contributed by atoms with E-state index in [0.717, 1.165) is 11.1 Å². The van der Waals surface area contributed by atoms with Crippen LogP contribution in [-0.4, -0.2) is 46.4 Å². The monoisotopic (exact) mass is 506 g/mol. The number of nitrogens with one attached hydrogen (secondary N) is 3. The van der Waals surface area contributed by atoms with Gasteiger partial charge in [0, 0.05) is 18.3 Å². The van der Waals surface area contributed by atoms with Crippen LogP contribution in [0.1, 0.15) is 37.1 Å². The number of H-pyrrole nitrogens is 1. The highest BCUT2D eigenvalue weighted by Crippen LogP contribution is 2.10. The molecular weight excluding hydrogens is 472 g/mol. The Morgan fingerprint density at radius 2 is 1.51 bits per heavy atom. The number of benzene rings is 2. The molecule has 0 saturated heterocycles. The highest BCUT2D eigenvalue weighted by molar-refractivity contribution is 5.88. The van der Waals surface area contributed by atoms with E-state index in [9.17, 15) is 14.4 Å². The molecule has 0 aliphatic rings. The number of amides is 1. The summed E-state index contributed by atoms with van der Waals surface area (Å²) in [5.41, 5.74) is 2.43. The van der Waals surface area contributed by atoms with Crippen LogP contribution in [0.2, 0.25) is 0 Å². The molecule has 3 rings (SSSR count). The zero-order valence-corrected chi connectivity index (χ0v) is 21.2. The molecule has 1 heterocycles. The van der Waals surface area contributed by atoms with E-state index in [1.54, 1.807) is 6.20 Å². The number of imidazole rings is 1. The minimum absolute atomic E-state index is 0.118. The molecule has 2 atom stereocenters. The first-order valence-electron chi connectivity index (χ1n) is 12.3. The van der Waals surface area contributed by atoms with Crippen molar-refractivity contribution in [2.45, 2.75) is 52.0 Å². The van der Waals surface area contributed by atoms with Gasteiger partial charge in [-0.2, -0.15) is 0 Å². The van der Waals surface area contributed by atoms with Crippen molar-refractivity contribution < 1.29 is 23.9 Å². The lowest BCUT2D eigenvalue weighted by atomic mass is 10.0. The highest BCUT2D eigenvalue weighted by Gasteiger charge is 2.28.